The van der Waals surface area contributed by atoms with Crippen LogP contribution in [-0.4, -0.2) is 13.2 Å². The summed E-state index contributed by atoms with van der Waals surface area (Å²) in [4.78, 5) is 1.86. The van der Waals surface area contributed by atoms with Crippen molar-refractivity contribution in [1.82, 2.24) is 0 Å². The summed E-state index contributed by atoms with van der Waals surface area (Å²) >= 11 is 0. The van der Waals surface area contributed by atoms with E-state index in [9.17, 15) is 13.2 Å². The van der Waals surface area contributed by atoms with Gasteiger partial charge in [-0.2, -0.15) is 13.2 Å². The molecule has 2 heterocycles. The van der Waals surface area contributed by atoms with E-state index in [4.69, 9.17) is 0 Å². The van der Waals surface area contributed by atoms with Gasteiger partial charge in [-0.15, -0.1) is 0 Å². The molecule has 0 saturated carbocycles. The van der Waals surface area contributed by atoms with Crippen LogP contribution in [0.4, 0.5) is 24.5 Å². The molecule has 1 unspecified atom stereocenters. The number of alkyl halides is 3. The highest BCUT2D eigenvalue weighted by molar-refractivity contribution is 6.00. The van der Waals surface area contributed by atoms with Gasteiger partial charge in [0.2, 0.25) is 0 Å². The molecule has 112 valence electrons. The van der Waals surface area contributed by atoms with Gasteiger partial charge in [-0.3, -0.25) is 0 Å². The van der Waals surface area contributed by atoms with Crippen LogP contribution in [0.15, 0.2) is 42.5 Å². The Kier molecular flexibility index (Phi) is 2.58. The number of fused-ring (bicyclic) bond motifs is 4. The first kappa shape index (κ1) is 13.2. The van der Waals surface area contributed by atoms with E-state index >= 15 is 0 Å². The molecule has 2 aliphatic heterocycles. The Bertz CT molecular complexity index is 793. The second kappa shape index (κ2) is 4.29. The van der Waals surface area contributed by atoms with E-state index in [1.54, 1.807) is 6.07 Å². The van der Waals surface area contributed by atoms with E-state index in [0.29, 0.717) is 5.69 Å². The number of likely N-dealkylation sites (N-methyl/N-ethyl adjacent to an activating group) is 1. The number of benzene rings is 2. The fourth-order valence-electron chi connectivity index (χ4n) is 3.15. The summed E-state index contributed by atoms with van der Waals surface area (Å²) in [5.41, 5.74) is 3.97. The lowest BCUT2D eigenvalue weighted by molar-refractivity contribution is -0.137. The fourth-order valence-corrected chi connectivity index (χ4v) is 3.15. The largest absolute Gasteiger partial charge is 0.416 e. The minimum atomic E-state index is -4.33. The zero-order valence-corrected chi connectivity index (χ0v) is 11.8. The van der Waals surface area contributed by atoms with Gasteiger partial charge in [0.15, 0.2) is 0 Å². The third-order valence-corrected chi connectivity index (χ3v) is 4.26. The van der Waals surface area contributed by atoms with Crippen molar-refractivity contribution in [3.8, 4) is 0 Å². The van der Waals surface area contributed by atoms with Gasteiger partial charge < -0.3 is 10.2 Å². The van der Waals surface area contributed by atoms with Crippen LogP contribution in [0.5, 0.6) is 0 Å². The highest BCUT2D eigenvalue weighted by Gasteiger charge is 2.36. The van der Waals surface area contributed by atoms with Crippen LogP contribution in [0, 0.1) is 0 Å². The van der Waals surface area contributed by atoms with Crippen molar-refractivity contribution < 1.29 is 13.2 Å². The predicted octanol–water partition coefficient (Wildman–Crippen LogP) is 4.45. The number of hydrogen-bond acceptors (Lipinski definition) is 2. The van der Waals surface area contributed by atoms with Crippen LogP contribution in [0.3, 0.4) is 0 Å². The Hall–Kier alpha value is -2.43. The van der Waals surface area contributed by atoms with Gasteiger partial charge in [-0.25, -0.2) is 0 Å². The predicted molar refractivity (Wildman–Crippen MR) is 81.6 cm³/mol. The summed E-state index contributed by atoms with van der Waals surface area (Å²) in [5, 5.41) is 3.36. The molecule has 2 aromatic rings. The van der Waals surface area contributed by atoms with E-state index in [1.807, 2.05) is 42.3 Å². The second-order valence-electron chi connectivity index (χ2n) is 5.57. The molecule has 0 amide bonds. The molecule has 1 atom stereocenters. The number of nitrogens with zero attached hydrogens (tertiary/aromatic N) is 1. The van der Waals surface area contributed by atoms with Crippen LogP contribution < -0.4 is 10.2 Å². The van der Waals surface area contributed by atoms with Gasteiger partial charge in [0, 0.05) is 29.6 Å². The molecule has 5 heteroatoms. The lowest BCUT2D eigenvalue weighted by Gasteiger charge is -2.33. The molecule has 0 bridgehead atoms. The Labute approximate surface area is 125 Å². The maximum absolute atomic E-state index is 12.9. The molecule has 22 heavy (non-hydrogen) atoms. The molecule has 2 aromatic carbocycles. The van der Waals surface area contributed by atoms with Gasteiger partial charge in [-0.1, -0.05) is 24.3 Å². The van der Waals surface area contributed by atoms with Crippen LogP contribution in [0.1, 0.15) is 16.7 Å². The van der Waals surface area contributed by atoms with Crippen LogP contribution in [0.25, 0.3) is 11.6 Å². The molecule has 2 nitrogen and oxygen atoms in total. The van der Waals surface area contributed by atoms with Crippen LogP contribution in [0.2, 0.25) is 0 Å². The summed E-state index contributed by atoms with van der Waals surface area (Å²) in [6.45, 7) is 0. The van der Waals surface area contributed by atoms with E-state index in [-0.39, 0.29) is 6.17 Å². The lowest BCUT2D eigenvalue weighted by atomic mass is 9.96. The highest BCUT2D eigenvalue weighted by atomic mass is 19.4. The van der Waals surface area contributed by atoms with Gasteiger partial charge >= 0.3 is 6.18 Å². The summed E-state index contributed by atoms with van der Waals surface area (Å²) in [7, 11) is 1.82. The maximum Gasteiger partial charge on any atom is 0.416 e. The zero-order chi connectivity index (χ0) is 15.5. The second-order valence-corrected chi connectivity index (χ2v) is 5.57. The van der Waals surface area contributed by atoms with Crippen molar-refractivity contribution >= 4 is 23.0 Å². The van der Waals surface area contributed by atoms with Crippen LogP contribution >= 0.6 is 0 Å². The van der Waals surface area contributed by atoms with E-state index in [2.05, 4.69) is 5.32 Å². The molecular formula is C17H13F3N2. The average molecular weight is 302 g/mol. The Morgan fingerprint density at radius 2 is 1.86 bits per heavy atom. The minimum absolute atomic E-state index is 0.131. The molecule has 0 aromatic heterocycles. The Balaban J connectivity index is 1.86. The standard InChI is InChI=1S/C17H13F3N2/c1-22-15-9-11(17(18,19)20)7-6-10(15)8-13-12-4-2-3-5-14(12)21-16(13)22/h2-9,16,21H,1H3. The molecule has 0 aliphatic carbocycles. The fraction of sp³-hybridized carbons (Fsp3) is 0.176. The van der Waals surface area contributed by atoms with Crippen molar-refractivity contribution in [2.45, 2.75) is 12.3 Å². The Morgan fingerprint density at radius 1 is 1.09 bits per heavy atom. The van der Waals surface area contributed by atoms with Gasteiger partial charge in [0.1, 0.15) is 6.17 Å². The summed E-state index contributed by atoms with van der Waals surface area (Å²) < 4.78 is 38.8. The molecular weight excluding hydrogens is 289 g/mol. The number of rotatable bonds is 0. The number of anilines is 2. The quantitative estimate of drug-likeness (QED) is 0.773. The van der Waals surface area contributed by atoms with Gasteiger partial charge in [0.25, 0.3) is 0 Å². The first-order valence-electron chi connectivity index (χ1n) is 6.97. The smallest absolute Gasteiger partial charge is 0.361 e. The average Bonchev–Trinajstić information content (AvgIpc) is 2.85. The molecule has 1 N–H and O–H groups in total. The van der Waals surface area contributed by atoms with E-state index in [0.717, 1.165) is 28.5 Å². The van der Waals surface area contributed by atoms with Crippen molar-refractivity contribution in [2.75, 3.05) is 17.3 Å². The topological polar surface area (TPSA) is 15.3 Å². The summed E-state index contributed by atoms with van der Waals surface area (Å²) in [6.07, 6.45) is -2.49. The van der Waals surface area contributed by atoms with Gasteiger partial charge in [0.05, 0.1) is 5.56 Å². The monoisotopic (exact) mass is 302 g/mol. The van der Waals surface area contributed by atoms with Crippen molar-refractivity contribution in [3.05, 3.63) is 59.2 Å². The molecule has 4 rings (SSSR count). The van der Waals surface area contributed by atoms with Gasteiger partial charge in [-0.05, 0) is 29.8 Å². The lowest BCUT2D eigenvalue weighted by Crippen LogP contribution is -2.38. The summed E-state index contributed by atoms with van der Waals surface area (Å²) in [6, 6.07) is 11.8. The van der Waals surface area contributed by atoms with Crippen LogP contribution in [-0.2, 0) is 6.18 Å². The SMILES string of the molecule is CN1c2cc(C(F)(F)F)ccc2C=C2c3ccccc3NC21. The normalized spacial score (nSPS) is 19.0. The minimum Gasteiger partial charge on any atom is -0.361 e. The van der Waals surface area contributed by atoms with Crippen molar-refractivity contribution in [2.24, 2.45) is 0 Å². The highest BCUT2D eigenvalue weighted by Crippen LogP contribution is 2.44. The van der Waals surface area contributed by atoms with Crippen molar-refractivity contribution in [1.29, 1.82) is 0 Å². The third-order valence-electron chi connectivity index (χ3n) is 4.26. The molecule has 0 spiro atoms. The van der Waals surface area contributed by atoms with Crippen molar-refractivity contribution in [3.63, 3.8) is 0 Å². The zero-order valence-electron chi connectivity index (χ0n) is 11.8. The molecule has 2 aliphatic rings. The van der Waals surface area contributed by atoms with E-state index < -0.39 is 11.7 Å². The number of para-hydroxylation sites is 1. The first-order chi connectivity index (χ1) is 10.4. The Morgan fingerprint density at radius 3 is 2.64 bits per heavy atom. The maximum atomic E-state index is 12.9. The first-order valence-corrected chi connectivity index (χ1v) is 6.97. The molecule has 0 radical (unpaired) electrons. The number of nitrogens with one attached hydrogen (secondary N) is 1. The third kappa shape index (κ3) is 1.81. The number of hydrogen-bond donors (Lipinski definition) is 1. The molecule has 0 fully saturated rings. The molecule has 0 saturated heterocycles. The summed E-state index contributed by atoms with van der Waals surface area (Å²) in [5.74, 6) is 0. The van der Waals surface area contributed by atoms with E-state index in [1.165, 1.54) is 6.07 Å². The number of halogens is 3.